The van der Waals surface area contributed by atoms with E-state index < -0.39 is 11.4 Å². The molecule has 114 valence electrons. The van der Waals surface area contributed by atoms with Crippen LogP contribution in [0.5, 0.6) is 0 Å². The topological polar surface area (TPSA) is 66.4 Å². The highest BCUT2D eigenvalue weighted by Crippen LogP contribution is 2.34. The van der Waals surface area contributed by atoms with Crippen LogP contribution in [0.2, 0.25) is 0 Å². The molecule has 21 heavy (non-hydrogen) atoms. The van der Waals surface area contributed by atoms with Crippen molar-refractivity contribution in [3.05, 3.63) is 34.3 Å². The molecule has 2 rings (SSSR count). The molecule has 0 heterocycles. The van der Waals surface area contributed by atoms with Gasteiger partial charge >= 0.3 is 5.97 Å². The second-order valence-electron chi connectivity index (χ2n) is 5.69. The largest absolute Gasteiger partial charge is 0.481 e. The fourth-order valence-electron chi connectivity index (χ4n) is 2.82. The number of hydrogen-bond acceptors (Lipinski definition) is 2. The van der Waals surface area contributed by atoms with Crippen LogP contribution in [0.3, 0.4) is 0 Å². The highest BCUT2D eigenvalue weighted by atomic mass is 79.9. The number of carbonyl (C=O) groups is 2. The first kappa shape index (κ1) is 16.0. The summed E-state index contributed by atoms with van der Waals surface area (Å²) in [5.41, 5.74) is -0.256. The zero-order valence-electron chi connectivity index (χ0n) is 11.9. The van der Waals surface area contributed by atoms with Crippen molar-refractivity contribution in [2.24, 2.45) is 5.41 Å². The van der Waals surface area contributed by atoms with E-state index in [1.165, 1.54) is 0 Å². The molecule has 0 spiro atoms. The van der Waals surface area contributed by atoms with Crippen molar-refractivity contribution in [2.45, 2.75) is 38.5 Å². The van der Waals surface area contributed by atoms with E-state index in [0.29, 0.717) is 18.4 Å². The smallest absolute Gasteiger partial charge is 0.311 e. The van der Waals surface area contributed by atoms with Gasteiger partial charge in [-0.3, -0.25) is 9.59 Å². The van der Waals surface area contributed by atoms with Crippen molar-refractivity contribution in [2.75, 3.05) is 6.54 Å². The number of nitrogens with one attached hydrogen (secondary N) is 1. The third kappa shape index (κ3) is 4.06. The maximum Gasteiger partial charge on any atom is 0.311 e. The minimum atomic E-state index is -0.804. The quantitative estimate of drug-likeness (QED) is 0.812. The molecule has 0 saturated heterocycles. The summed E-state index contributed by atoms with van der Waals surface area (Å²) in [7, 11) is 0. The van der Waals surface area contributed by atoms with Gasteiger partial charge < -0.3 is 10.4 Å². The number of rotatable bonds is 4. The standard InChI is InChI=1S/C16H20BrNO3/c17-13-7-5-12(6-8-13)14(19)18-11-16(15(20)21)9-3-1-2-4-10-16/h5-8H,1-4,9-11H2,(H,18,19)(H,20,21). The summed E-state index contributed by atoms with van der Waals surface area (Å²) >= 11 is 3.32. The lowest BCUT2D eigenvalue weighted by Gasteiger charge is -2.28. The molecule has 0 atom stereocenters. The lowest BCUT2D eigenvalue weighted by molar-refractivity contribution is -0.149. The van der Waals surface area contributed by atoms with E-state index >= 15 is 0 Å². The molecule has 1 aromatic rings. The van der Waals surface area contributed by atoms with Crippen LogP contribution >= 0.6 is 15.9 Å². The van der Waals surface area contributed by atoms with Crippen molar-refractivity contribution in [3.8, 4) is 0 Å². The molecule has 0 aliphatic heterocycles. The summed E-state index contributed by atoms with van der Waals surface area (Å²) in [4.78, 5) is 23.8. The van der Waals surface area contributed by atoms with Gasteiger partial charge in [0.25, 0.3) is 5.91 Å². The zero-order chi connectivity index (χ0) is 15.3. The van der Waals surface area contributed by atoms with Gasteiger partial charge in [0.1, 0.15) is 0 Å². The Morgan fingerprint density at radius 3 is 2.19 bits per heavy atom. The molecule has 1 fully saturated rings. The van der Waals surface area contributed by atoms with Crippen LogP contribution in [-0.4, -0.2) is 23.5 Å². The maximum atomic E-state index is 12.1. The van der Waals surface area contributed by atoms with Crippen molar-refractivity contribution in [1.82, 2.24) is 5.32 Å². The Balaban J connectivity index is 2.02. The minimum Gasteiger partial charge on any atom is -0.481 e. The first-order valence-corrected chi connectivity index (χ1v) is 8.10. The minimum absolute atomic E-state index is 0.206. The lowest BCUT2D eigenvalue weighted by Crippen LogP contribution is -2.42. The maximum absolute atomic E-state index is 12.1. The number of benzene rings is 1. The SMILES string of the molecule is O=C(NCC1(C(=O)O)CCCCCC1)c1ccc(Br)cc1. The molecule has 1 amide bonds. The van der Waals surface area contributed by atoms with Crippen LogP contribution in [-0.2, 0) is 4.79 Å². The second-order valence-corrected chi connectivity index (χ2v) is 6.60. The Labute approximate surface area is 133 Å². The first-order valence-electron chi connectivity index (χ1n) is 7.31. The normalized spacial score (nSPS) is 17.8. The Kier molecular flexibility index (Phi) is 5.39. The van der Waals surface area contributed by atoms with E-state index in [4.69, 9.17) is 0 Å². The number of carboxylic acids is 1. The van der Waals surface area contributed by atoms with Crippen LogP contribution in [0.1, 0.15) is 48.9 Å². The molecule has 5 heteroatoms. The van der Waals surface area contributed by atoms with E-state index in [2.05, 4.69) is 21.2 Å². The molecule has 0 radical (unpaired) electrons. The number of halogens is 1. The number of carboxylic acid groups (broad SMARTS) is 1. The van der Waals surface area contributed by atoms with E-state index in [1.807, 2.05) is 0 Å². The van der Waals surface area contributed by atoms with Gasteiger partial charge in [-0.2, -0.15) is 0 Å². The molecule has 2 N–H and O–H groups in total. The molecule has 4 nitrogen and oxygen atoms in total. The number of hydrogen-bond donors (Lipinski definition) is 2. The summed E-state index contributed by atoms with van der Waals surface area (Å²) in [5.74, 6) is -1.01. The monoisotopic (exact) mass is 353 g/mol. The summed E-state index contributed by atoms with van der Waals surface area (Å²) in [6.45, 7) is 0.206. The van der Waals surface area contributed by atoms with Crippen LogP contribution in [0.4, 0.5) is 0 Å². The fourth-order valence-corrected chi connectivity index (χ4v) is 3.09. The van der Waals surface area contributed by atoms with E-state index in [9.17, 15) is 14.7 Å². The summed E-state index contributed by atoms with van der Waals surface area (Å²) in [6, 6.07) is 7.04. The molecule has 0 unspecified atom stereocenters. The molecule has 0 aromatic heterocycles. The van der Waals surface area contributed by atoms with Crippen molar-refractivity contribution in [1.29, 1.82) is 0 Å². The van der Waals surface area contributed by atoms with E-state index in [1.54, 1.807) is 24.3 Å². The second kappa shape index (κ2) is 7.07. The predicted molar refractivity (Wildman–Crippen MR) is 84.2 cm³/mol. The number of carbonyl (C=O) groups excluding carboxylic acids is 1. The molecule has 1 aliphatic rings. The third-order valence-corrected chi connectivity index (χ3v) is 4.74. The van der Waals surface area contributed by atoms with Crippen molar-refractivity contribution in [3.63, 3.8) is 0 Å². The molecule has 1 saturated carbocycles. The van der Waals surface area contributed by atoms with Gasteiger partial charge in [0, 0.05) is 16.6 Å². The van der Waals surface area contributed by atoms with Gasteiger partial charge in [0.05, 0.1) is 5.41 Å². The summed E-state index contributed by atoms with van der Waals surface area (Å²) in [5, 5.41) is 12.4. The molecule has 0 bridgehead atoms. The third-order valence-electron chi connectivity index (χ3n) is 4.21. The summed E-state index contributed by atoms with van der Waals surface area (Å²) in [6.07, 6.45) is 5.28. The average molecular weight is 354 g/mol. The van der Waals surface area contributed by atoms with E-state index in [-0.39, 0.29) is 12.5 Å². The van der Waals surface area contributed by atoms with Crippen LogP contribution in [0.25, 0.3) is 0 Å². The van der Waals surface area contributed by atoms with Gasteiger partial charge in [0.2, 0.25) is 0 Å². The highest BCUT2D eigenvalue weighted by molar-refractivity contribution is 9.10. The molecular formula is C16H20BrNO3. The predicted octanol–water partition coefficient (Wildman–Crippen LogP) is 3.60. The van der Waals surface area contributed by atoms with Crippen LogP contribution in [0, 0.1) is 5.41 Å². The Morgan fingerprint density at radius 2 is 1.67 bits per heavy atom. The first-order chi connectivity index (χ1) is 10.0. The molecular weight excluding hydrogens is 334 g/mol. The Bertz CT molecular complexity index is 505. The average Bonchev–Trinajstić information content (AvgIpc) is 2.72. The van der Waals surface area contributed by atoms with Crippen LogP contribution in [0.15, 0.2) is 28.7 Å². The van der Waals surface area contributed by atoms with Gasteiger partial charge in [-0.1, -0.05) is 41.6 Å². The molecule has 1 aromatic carbocycles. The lowest BCUT2D eigenvalue weighted by atomic mass is 9.80. The number of aliphatic carboxylic acids is 1. The zero-order valence-corrected chi connectivity index (χ0v) is 13.5. The van der Waals surface area contributed by atoms with Crippen LogP contribution < -0.4 is 5.32 Å². The fraction of sp³-hybridized carbons (Fsp3) is 0.500. The van der Waals surface area contributed by atoms with Gasteiger partial charge in [-0.15, -0.1) is 0 Å². The number of amides is 1. The van der Waals surface area contributed by atoms with Crippen molar-refractivity contribution >= 4 is 27.8 Å². The summed E-state index contributed by atoms with van der Waals surface area (Å²) < 4.78 is 0.907. The Hall–Kier alpha value is -1.36. The van der Waals surface area contributed by atoms with Gasteiger partial charge in [-0.05, 0) is 37.1 Å². The molecule has 1 aliphatic carbocycles. The van der Waals surface area contributed by atoms with E-state index in [0.717, 1.165) is 30.2 Å². The van der Waals surface area contributed by atoms with Crippen molar-refractivity contribution < 1.29 is 14.7 Å². The Morgan fingerprint density at radius 1 is 1.10 bits per heavy atom. The van der Waals surface area contributed by atoms with Gasteiger partial charge in [-0.25, -0.2) is 0 Å². The highest BCUT2D eigenvalue weighted by Gasteiger charge is 2.38. The van der Waals surface area contributed by atoms with Gasteiger partial charge in [0.15, 0.2) is 0 Å².